The van der Waals surface area contributed by atoms with E-state index in [1.165, 1.54) is 6.26 Å². The van der Waals surface area contributed by atoms with Gasteiger partial charge >= 0.3 is 0 Å². The van der Waals surface area contributed by atoms with E-state index in [2.05, 4.69) is 12.2 Å². The average Bonchev–Trinajstić information content (AvgIpc) is 2.88. The zero-order chi connectivity index (χ0) is 13.5. The highest BCUT2D eigenvalue weighted by Crippen LogP contribution is 2.01. The second-order valence-electron chi connectivity index (χ2n) is 4.29. The highest BCUT2D eigenvalue weighted by Gasteiger charge is 2.20. The molecule has 0 radical (unpaired) electrons. The number of rotatable bonds is 6. The van der Waals surface area contributed by atoms with Crippen molar-refractivity contribution in [2.24, 2.45) is 0 Å². The third-order valence-corrected chi connectivity index (χ3v) is 2.69. The fraction of sp³-hybridized carbons (Fsp3) is 0.538. The van der Waals surface area contributed by atoms with E-state index in [0.717, 1.165) is 12.8 Å². The lowest BCUT2D eigenvalue weighted by Gasteiger charge is -2.21. The van der Waals surface area contributed by atoms with Gasteiger partial charge in [0.25, 0.3) is 5.91 Å². The first-order valence-corrected chi connectivity index (χ1v) is 6.15. The maximum absolute atomic E-state index is 11.9. The van der Waals surface area contributed by atoms with E-state index in [0.29, 0.717) is 6.54 Å². The Morgan fingerprint density at radius 3 is 2.78 bits per heavy atom. The topological polar surface area (TPSA) is 62.6 Å². The van der Waals surface area contributed by atoms with Crippen LogP contribution in [0, 0.1) is 0 Å². The highest BCUT2D eigenvalue weighted by molar-refractivity contribution is 5.95. The Morgan fingerprint density at radius 1 is 1.50 bits per heavy atom. The van der Waals surface area contributed by atoms with Gasteiger partial charge in [-0.15, -0.1) is 0 Å². The Labute approximate surface area is 107 Å². The number of carbonyl (C=O) groups is 2. The van der Waals surface area contributed by atoms with Gasteiger partial charge in [-0.25, -0.2) is 0 Å². The lowest BCUT2D eigenvalue weighted by Crippen LogP contribution is -2.45. The molecule has 1 rings (SSSR count). The first-order chi connectivity index (χ1) is 8.56. The van der Waals surface area contributed by atoms with Crippen molar-refractivity contribution in [1.82, 2.24) is 10.2 Å². The minimum atomic E-state index is -0.551. The van der Waals surface area contributed by atoms with E-state index >= 15 is 0 Å². The van der Waals surface area contributed by atoms with Crippen LogP contribution in [-0.4, -0.2) is 36.3 Å². The summed E-state index contributed by atoms with van der Waals surface area (Å²) >= 11 is 0. The lowest BCUT2D eigenvalue weighted by atomic mass is 10.2. The minimum absolute atomic E-state index is 0.0941. The Balaban J connectivity index is 2.47. The molecule has 1 aromatic heterocycles. The average molecular weight is 252 g/mol. The van der Waals surface area contributed by atoms with Crippen LogP contribution in [0.3, 0.4) is 0 Å². The third kappa shape index (κ3) is 3.91. The van der Waals surface area contributed by atoms with E-state index in [4.69, 9.17) is 4.42 Å². The molecule has 0 aliphatic rings. The predicted octanol–water partition coefficient (Wildman–Crippen LogP) is 1.66. The first-order valence-electron chi connectivity index (χ1n) is 6.15. The molecule has 0 saturated heterocycles. The molecule has 100 valence electrons. The van der Waals surface area contributed by atoms with Crippen LogP contribution in [0.25, 0.3) is 0 Å². The van der Waals surface area contributed by atoms with Crippen molar-refractivity contribution in [3.8, 4) is 0 Å². The SMILES string of the molecule is CCCCN(C)C(=O)C(C)NC(=O)c1ccco1. The van der Waals surface area contributed by atoms with Crippen LogP contribution < -0.4 is 5.32 Å². The van der Waals surface area contributed by atoms with E-state index in [1.54, 1.807) is 31.0 Å². The van der Waals surface area contributed by atoms with Gasteiger partial charge in [-0.2, -0.15) is 0 Å². The van der Waals surface area contributed by atoms with E-state index in [9.17, 15) is 9.59 Å². The van der Waals surface area contributed by atoms with Crippen LogP contribution in [0.1, 0.15) is 37.2 Å². The maximum atomic E-state index is 11.9. The molecule has 0 saturated carbocycles. The number of carbonyl (C=O) groups excluding carboxylic acids is 2. The normalized spacial score (nSPS) is 11.9. The van der Waals surface area contributed by atoms with Crippen molar-refractivity contribution in [3.05, 3.63) is 24.2 Å². The molecule has 1 N–H and O–H groups in total. The fourth-order valence-electron chi connectivity index (χ4n) is 1.57. The summed E-state index contributed by atoms with van der Waals surface area (Å²) in [6.45, 7) is 4.45. The number of nitrogens with one attached hydrogen (secondary N) is 1. The summed E-state index contributed by atoms with van der Waals surface area (Å²) in [5.74, 6) is -0.251. The number of unbranched alkanes of at least 4 members (excludes halogenated alkanes) is 1. The molecule has 0 aliphatic heterocycles. The monoisotopic (exact) mass is 252 g/mol. The second-order valence-corrected chi connectivity index (χ2v) is 4.29. The molecule has 0 fully saturated rings. The Hall–Kier alpha value is -1.78. The van der Waals surface area contributed by atoms with Crippen molar-refractivity contribution in [2.75, 3.05) is 13.6 Å². The number of likely N-dealkylation sites (N-methyl/N-ethyl adjacent to an activating group) is 1. The van der Waals surface area contributed by atoms with E-state index in [1.807, 2.05) is 0 Å². The van der Waals surface area contributed by atoms with E-state index in [-0.39, 0.29) is 17.6 Å². The van der Waals surface area contributed by atoms with Crippen molar-refractivity contribution >= 4 is 11.8 Å². The highest BCUT2D eigenvalue weighted by atomic mass is 16.3. The molecule has 0 bridgehead atoms. The Morgan fingerprint density at radius 2 is 2.22 bits per heavy atom. The van der Waals surface area contributed by atoms with Gasteiger partial charge in [0.15, 0.2) is 5.76 Å². The lowest BCUT2D eigenvalue weighted by molar-refractivity contribution is -0.131. The minimum Gasteiger partial charge on any atom is -0.459 e. The molecule has 18 heavy (non-hydrogen) atoms. The van der Waals surface area contributed by atoms with Gasteiger partial charge in [-0.05, 0) is 25.5 Å². The van der Waals surface area contributed by atoms with Gasteiger partial charge in [-0.3, -0.25) is 9.59 Å². The molecule has 0 spiro atoms. The predicted molar refractivity (Wildman–Crippen MR) is 68.2 cm³/mol. The van der Waals surface area contributed by atoms with Crippen molar-refractivity contribution in [3.63, 3.8) is 0 Å². The molecule has 0 aromatic carbocycles. The molecule has 1 atom stereocenters. The summed E-state index contributed by atoms with van der Waals surface area (Å²) in [5, 5.41) is 2.62. The molecule has 1 heterocycles. The van der Waals surface area contributed by atoms with Crippen LogP contribution >= 0.6 is 0 Å². The second kappa shape index (κ2) is 6.83. The number of furan rings is 1. The van der Waals surface area contributed by atoms with Crippen molar-refractivity contribution < 1.29 is 14.0 Å². The summed E-state index contributed by atoms with van der Waals surface area (Å²) < 4.78 is 4.96. The van der Waals surface area contributed by atoms with Gasteiger partial charge in [0.2, 0.25) is 5.91 Å². The molecular formula is C13H20N2O3. The van der Waals surface area contributed by atoms with Gasteiger partial charge in [0.1, 0.15) is 6.04 Å². The zero-order valence-electron chi connectivity index (χ0n) is 11.1. The summed E-state index contributed by atoms with van der Waals surface area (Å²) in [4.78, 5) is 25.3. The molecule has 1 aromatic rings. The van der Waals surface area contributed by atoms with Crippen LogP contribution in [0.5, 0.6) is 0 Å². The third-order valence-electron chi connectivity index (χ3n) is 2.69. The van der Waals surface area contributed by atoms with Gasteiger partial charge < -0.3 is 14.6 Å². The first kappa shape index (κ1) is 14.3. The smallest absolute Gasteiger partial charge is 0.287 e. The van der Waals surface area contributed by atoms with Gasteiger partial charge in [0, 0.05) is 13.6 Å². The molecule has 5 heteroatoms. The molecule has 2 amide bonds. The quantitative estimate of drug-likeness (QED) is 0.837. The summed E-state index contributed by atoms with van der Waals surface area (Å²) in [6, 6.07) is 2.65. The molecule has 5 nitrogen and oxygen atoms in total. The van der Waals surface area contributed by atoms with Crippen LogP contribution in [0.15, 0.2) is 22.8 Å². The van der Waals surface area contributed by atoms with Crippen molar-refractivity contribution in [1.29, 1.82) is 0 Å². The number of hydrogen-bond acceptors (Lipinski definition) is 3. The Bertz CT molecular complexity index is 387. The maximum Gasteiger partial charge on any atom is 0.287 e. The molecule has 1 unspecified atom stereocenters. The molecule has 0 aliphatic carbocycles. The van der Waals surface area contributed by atoms with Gasteiger partial charge in [-0.1, -0.05) is 13.3 Å². The van der Waals surface area contributed by atoms with Crippen LogP contribution in [0.2, 0.25) is 0 Å². The van der Waals surface area contributed by atoms with E-state index < -0.39 is 6.04 Å². The summed E-state index contributed by atoms with van der Waals surface area (Å²) in [5.41, 5.74) is 0. The van der Waals surface area contributed by atoms with Crippen LogP contribution in [-0.2, 0) is 4.79 Å². The Kier molecular flexibility index (Phi) is 5.42. The fourth-order valence-corrected chi connectivity index (χ4v) is 1.57. The largest absolute Gasteiger partial charge is 0.459 e. The standard InChI is InChI=1S/C13H20N2O3/c1-4-5-8-15(3)13(17)10(2)14-12(16)11-7-6-9-18-11/h6-7,9-10H,4-5,8H2,1-3H3,(H,14,16). The van der Waals surface area contributed by atoms with Gasteiger partial charge in [0.05, 0.1) is 6.26 Å². The van der Waals surface area contributed by atoms with Crippen LogP contribution in [0.4, 0.5) is 0 Å². The number of nitrogens with zero attached hydrogens (tertiary/aromatic N) is 1. The summed E-state index contributed by atoms with van der Waals surface area (Å²) in [6.07, 6.45) is 3.42. The number of amides is 2. The summed E-state index contributed by atoms with van der Waals surface area (Å²) in [7, 11) is 1.74. The van der Waals surface area contributed by atoms with Crippen molar-refractivity contribution in [2.45, 2.75) is 32.7 Å². The number of hydrogen-bond donors (Lipinski definition) is 1. The zero-order valence-corrected chi connectivity index (χ0v) is 11.1. The molecular weight excluding hydrogens is 232 g/mol.